The Morgan fingerprint density at radius 3 is 2.75 bits per heavy atom. The van der Waals surface area contributed by atoms with Crippen molar-refractivity contribution in [3.63, 3.8) is 0 Å². The first-order chi connectivity index (χ1) is 7.52. The van der Waals surface area contributed by atoms with Crippen LogP contribution in [0.25, 0.3) is 0 Å². The first-order valence-corrected chi connectivity index (χ1v) is 5.62. The SMILES string of the molecule is COC(=O)c1c(CBr)ncc(Cl)c1C(F)F. The van der Waals surface area contributed by atoms with E-state index in [1.165, 1.54) is 0 Å². The highest BCUT2D eigenvalue weighted by molar-refractivity contribution is 9.08. The van der Waals surface area contributed by atoms with Gasteiger partial charge in [-0.05, 0) is 0 Å². The Bertz CT molecular complexity index is 415. The van der Waals surface area contributed by atoms with Crippen molar-refractivity contribution in [1.29, 1.82) is 0 Å². The number of ether oxygens (including phenoxy) is 1. The molecule has 1 aromatic rings. The number of aromatic nitrogens is 1. The summed E-state index contributed by atoms with van der Waals surface area (Å²) in [5.41, 5.74) is -0.647. The van der Waals surface area contributed by atoms with Gasteiger partial charge in [-0.1, -0.05) is 27.5 Å². The van der Waals surface area contributed by atoms with Crippen LogP contribution in [0.3, 0.4) is 0 Å². The van der Waals surface area contributed by atoms with Crippen LogP contribution < -0.4 is 0 Å². The van der Waals surface area contributed by atoms with Crippen molar-refractivity contribution in [3.05, 3.63) is 28.0 Å². The summed E-state index contributed by atoms with van der Waals surface area (Å²) in [6.45, 7) is 0. The Morgan fingerprint density at radius 1 is 1.69 bits per heavy atom. The fourth-order valence-electron chi connectivity index (χ4n) is 1.19. The molecule has 0 fully saturated rings. The third-order valence-electron chi connectivity index (χ3n) is 1.88. The fraction of sp³-hybridized carbons (Fsp3) is 0.333. The lowest BCUT2D eigenvalue weighted by Gasteiger charge is -2.11. The van der Waals surface area contributed by atoms with Gasteiger partial charge in [-0.25, -0.2) is 13.6 Å². The highest BCUT2D eigenvalue weighted by Crippen LogP contribution is 2.32. The predicted octanol–water partition coefficient (Wildman–Crippen LogP) is 3.35. The molecular weight excluding hydrogens is 307 g/mol. The Labute approximate surface area is 104 Å². The van der Waals surface area contributed by atoms with Crippen LogP contribution in [0.2, 0.25) is 5.02 Å². The van der Waals surface area contributed by atoms with Crippen molar-refractivity contribution in [2.45, 2.75) is 11.8 Å². The molecule has 0 amide bonds. The summed E-state index contributed by atoms with van der Waals surface area (Å²) < 4.78 is 30.0. The Hall–Kier alpha value is -0.750. The number of carbonyl (C=O) groups is 1. The quantitative estimate of drug-likeness (QED) is 0.634. The number of hydrogen-bond donors (Lipinski definition) is 0. The van der Waals surface area contributed by atoms with E-state index in [1.54, 1.807) is 0 Å². The molecule has 1 heterocycles. The van der Waals surface area contributed by atoms with Crippen LogP contribution in [-0.2, 0) is 10.1 Å². The molecular formula is C9H7BrClF2NO2. The molecule has 16 heavy (non-hydrogen) atoms. The molecule has 3 nitrogen and oxygen atoms in total. The fourth-order valence-corrected chi connectivity index (χ4v) is 1.84. The standard InChI is InChI=1S/C9H7BrClF2NO2/c1-16-9(15)7-5(2-10)14-3-4(11)6(7)8(12)13/h3,8H,2H2,1H3. The van der Waals surface area contributed by atoms with Crippen molar-refractivity contribution in [2.24, 2.45) is 0 Å². The van der Waals surface area contributed by atoms with Crippen LogP contribution >= 0.6 is 27.5 Å². The normalized spacial score (nSPS) is 10.6. The number of pyridine rings is 1. The second kappa shape index (κ2) is 5.54. The van der Waals surface area contributed by atoms with E-state index in [-0.39, 0.29) is 21.6 Å². The summed E-state index contributed by atoms with van der Waals surface area (Å²) in [5.74, 6) is -0.875. The summed E-state index contributed by atoms with van der Waals surface area (Å²) in [7, 11) is 1.11. The molecule has 1 aromatic heterocycles. The topological polar surface area (TPSA) is 39.2 Å². The zero-order valence-electron chi connectivity index (χ0n) is 8.14. The summed E-state index contributed by atoms with van der Waals surface area (Å²) in [4.78, 5) is 15.2. The molecule has 0 aromatic carbocycles. The second-order valence-corrected chi connectivity index (χ2v) is 3.74. The number of halogens is 4. The minimum absolute atomic E-state index is 0.161. The van der Waals surface area contributed by atoms with Gasteiger partial charge in [0.2, 0.25) is 0 Å². The summed E-state index contributed by atoms with van der Waals surface area (Å²) in [6.07, 6.45) is -1.77. The van der Waals surface area contributed by atoms with E-state index in [9.17, 15) is 13.6 Å². The van der Waals surface area contributed by atoms with Gasteiger partial charge < -0.3 is 4.74 Å². The zero-order valence-corrected chi connectivity index (χ0v) is 10.5. The number of rotatable bonds is 3. The maximum atomic E-state index is 12.8. The lowest BCUT2D eigenvalue weighted by atomic mass is 10.1. The number of alkyl halides is 3. The summed E-state index contributed by atoms with van der Waals surface area (Å²) >= 11 is 8.64. The summed E-state index contributed by atoms with van der Waals surface area (Å²) in [6, 6.07) is 0. The Morgan fingerprint density at radius 2 is 2.31 bits per heavy atom. The Balaban J connectivity index is 3.48. The summed E-state index contributed by atoms with van der Waals surface area (Å²) in [5, 5.41) is -0.0889. The molecule has 0 aliphatic heterocycles. The van der Waals surface area contributed by atoms with Crippen molar-refractivity contribution < 1.29 is 18.3 Å². The van der Waals surface area contributed by atoms with Gasteiger partial charge in [0.25, 0.3) is 6.43 Å². The highest BCUT2D eigenvalue weighted by atomic mass is 79.9. The van der Waals surface area contributed by atoms with E-state index < -0.39 is 18.0 Å². The molecule has 0 spiro atoms. The second-order valence-electron chi connectivity index (χ2n) is 2.77. The maximum Gasteiger partial charge on any atom is 0.340 e. The van der Waals surface area contributed by atoms with E-state index in [1.807, 2.05) is 0 Å². The molecule has 0 unspecified atom stereocenters. The van der Waals surface area contributed by atoms with Gasteiger partial charge in [-0.3, -0.25) is 4.98 Å². The number of hydrogen-bond acceptors (Lipinski definition) is 3. The van der Waals surface area contributed by atoms with Crippen LogP contribution in [0, 0.1) is 0 Å². The van der Waals surface area contributed by atoms with E-state index >= 15 is 0 Å². The molecule has 1 rings (SSSR count). The van der Waals surface area contributed by atoms with Gasteiger partial charge in [-0.2, -0.15) is 0 Å². The third-order valence-corrected chi connectivity index (χ3v) is 2.72. The van der Waals surface area contributed by atoms with Gasteiger partial charge in [0.05, 0.1) is 29.0 Å². The molecule has 0 saturated carbocycles. The van der Waals surface area contributed by atoms with Crippen molar-refractivity contribution in [3.8, 4) is 0 Å². The molecule has 0 bridgehead atoms. The van der Waals surface area contributed by atoms with E-state index in [0.29, 0.717) is 0 Å². The van der Waals surface area contributed by atoms with Crippen LogP contribution in [0.15, 0.2) is 6.20 Å². The minimum Gasteiger partial charge on any atom is -0.465 e. The number of carbonyl (C=O) groups excluding carboxylic acids is 1. The van der Waals surface area contributed by atoms with Gasteiger partial charge >= 0.3 is 5.97 Å². The number of methoxy groups -OCH3 is 1. The van der Waals surface area contributed by atoms with Crippen LogP contribution in [0.5, 0.6) is 0 Å². The highest BCUT2D eigenvalue weighted by Gasteiger charge is 2.26. The van der Waals surface area contributed by atoms with Crippen molar-refractivity contribution in [1.82, 2.24) is 4.98 Å². The van der Waals surface area contributed by atoms with Crippen LogP contribution in [0.1, 0.15) is 28.0 Å². The van der Waals surface area contributed by atoms with E-state index in [2.05, 4.69) is 25.7 Å². The Kier molecular flexibility index (Phi) is 4.61. The van der Waals surface area contributed by atoms with Crippen LogP contribution in [0.4, 0.5) is 8.78 Å². The van der Waals surface area contributed by atoms with Crippen molar-refractivity contribution >= 4 is 33.5 Å². The lowest BCUT2D eigenvalue weighted by molar-refractivity contribution is 0.0587. The van der Waals surface area contributed by atoms with Gasteiger partial charge in [0.1, 0.15) is 0 Å². The molecule has 0 aliphatic rings. The smallest absolute Gasteiger partial charge is 0.340 e. The minimum atomic E-state index is -2.86. The van der Waals surface area contributed by atoms with E-state index in [4.69, 9.17) is 11.6 Å². The molecule has 0 atom stereocenters. The van der Waals surface area contributed by atoms with Gasteiger partial charge in [0.15, 0.2) is 0 Å². The first kappa shape index (κ1) is 13.3. The van der Waals surface area contributed by atoms with E-state index in [0.717, 1.165) is 13.3 Å². The molecule has 0 aliphatic carbocycles. The first-order valence-electron chi connectivity index (χ1n) is 4.12. The van der Waals surface area contributed by atoms with Gasteiger partial charge in [0, 0.05) is 11.5 Å². The maximum absolute atomic E-state index is 12.8. The largest absolute Gasteiger partial charge is 0.465 e. The van der Waals surface area contributed by atoms with Crippen LogP contribution in [-0.4, -0.2) is 18.1 Å². The molecule has 7 heteroatoms. The number of esters is 1. The average molecular weight is 315 g/mol. The average Bonchev–Trinajstić information content (AvgIpc) is 2.27. The molecule has 88 valence electrons. The third kappa shape index (κ3) is 2.49. The molecule has 0 radical (unpaired) electrons. The zero-order chi connectivity index (χ0) is 12.3. The van der Waals surface area contributed by atoms with Gasteiger partial charge in [-0.15, -0.1) is 0 Å². The predicted molar refractivity (Wildman–Crippen MR) is 58.2 cm³/mol. The monoisotopic (exact) mass is 313 g/mol. The lowest BCUT2D eigenvalue weighted by Crippen LogP contribution is -2.11. The molecule has 0 saturated heterocycles. The number of nitrogens with zero attached hydrogens (tertiary/aromatic N) is 1. The molecule has 0 N–H and O–H groups in total. The van der Waals surface area contributed by atoms with Crippen molar-refractivity contribution in [2.75, 3.05) is 7.11 Å².